The molecule has 0 heterocycles. The van der Waals surface area contributed by atoms with Crippen molar-refractivity contribution in [3.63, 3.8) is 0 Å². The Morgan fingerprint density at radius 3 is 2.12 bits per heavy atom. The number of rotatable bonds is 2. The normalized spacial score (nSPS) is 15.5. The minimum absolute atomic E-state index is 0.359. The molecule has 0 radical (unpaired) electrons. The molecule has 0 amide bonds. The summed E-state index contributed by atoms with van der Waals surface area (Å²) in [5.41, 5.74) is 5.01. The van der Waals surface area contributed by atoms with Gasteiger partial charge in [-0.05, 0) is 41.4 Å². The molecular formula is C16H22O. The Balaban J connectivity index is 2.65. The van der Waals surface area contributed by atoms with Crippen LogP contribution in [0.5, 0.6) is 0 Å². The third-order valence-corrected chi connectivity index (χ3v) is 3.73. The molecule has 0 atom stereocenters. The van der Waals surface area contributed by atoms with Crippen LogP contribution in [0.3, 0.4) is 0 Å². The van der Waals surface area contributed by atoms with E-state index in [9.17, 15) is 4.79 Å². The predicted molar refractivity (Wildman–Crippen MR) is 71.9 cm³/mol. The van der Waals surface area contributed by atoms with Gasteiger partial charge in [0.2, 0.25) is 0 Å². The van der Waals surface area contributed by atoms with Crippen molar-refractivity contribution in [2.75, 3.05) is 0 Å². The number of benzene rings is 1. The van der Waals surface area contributed by atoms with E-state index in [2.05, 4.69) is 39.8 Å². The Morgan fingerprint density at radius 1 is 0.941 bits per heavy atom. The van der Waals surface area contributed by atoms with E-state index in [0.29, 0.717) is 17.6 Å². The number of Topliss-reactive ketones (excluding diaryl/α,β-unsaturated/α-hetero) is 1. The molecule has 0 aliphatic heterocycles. The van der Waals surface area contributed by atoms with E-state index in [1.54, 1.807) is 0 Å². The van der Waals surface area contributed by atoms with Crippen molar-refractivity contribution in [1.82, 2.24) is 0 Å². The highest BCUT2D eigenvalue weighted by molar-refractivity contribution is 6.00. The average molecular weight is 230 g/mol. The average Bonchev–Trinajstić information content (AvgIpc) is 2.27. The van der Waals surface area contributed by atoms with E-state index in [1.165, 1.54) is 16.7 Å². The number of ketones is 1. The molecule has 1 aromatic rings. The molecule has 1 aromatic carbocycles. The lowest BCUT2D eigenvalue weighted by Crippen LogP contribution is -2.17. The van der Waals surface area contributed by atoms with Crippen molar-refractivity contribution in [1.29, 1.82) is 0 Å². The Kier molecular flexibility index (Phi) is 3.37. The molecule has 0 saturated carbocycles. The van der Waals surface area contributed by atoms with Crippen LogP contribution in [0, 0.1) is 0 Å². The largest absolute Gasteiger partial charge is 0.294 e. The second-order valence-corrected chi connectivity index (χ2v) is 5.68. The van der Waals surface area contributed by atoms with Gasteiger partial charge in [-0.3, -0.25) is 4.79 Å². The maximum Gasteiger partial charge on any atom is 0.163 e. The van der Waals surface area contributed by atoms with Gasteiger partial charge in [0.05, 0.1) is 0 Å². The second kappa shape index (κ2) is 4.64. The van der Waals surface area contributed by atoms with Gasteiger partial charge in [-0.25, -0.2) is 0 Å². The summed E-state index contributed by atoms with van der Waals surface area (Å²) in [6.45, 7) is 8.77. The first-order chi connectivity index (χ1) is 8.02. The van der Waals surface area contributed by atoms with Crippen molar-refractivity contribution in [2.45, 2.75) is 58.8 Å². The highest BCUT2D eigenvalue weighted by atomic mass is 16.1. The number of hydrogen-bond donors (Lipinski definition) is 0. The fourth-order valence-electron chi connectivity index (χ4n) is 2.85. The topological polar surface area (TPSA) is 17.1 Å². The summed E-state index contributed by atoms with van der Waals surface area (Å²) >= 11 is 0. The van der Waals surface area contributed by atoms with Gasteiger partial charge in [-0.15, -0.1) is 0 Å². The zero-order valence-corrected chi connectivity index (χ0v) is 11.3. The van der Waals surface area contributed by atoms with E-state index in [4.69, 9.17) is 0 Å². The van der Waals surface area contributed by atoms with Gasteiger partial charge in [0.1, 0.15) is 0 Å². The van der Waals surface area contributed by atoms with Gasteiger partial charge in [-0.1, -0.05) is 39.8 Å². The van der Waals surface area contributed by atoms with E-state index in [1.807, 2.05) is 0 Å². The van der Waals surface area contributed by atoms with Gasteiger partial charge in [0.25, 0.3) is 0 Å². The first-order valence-corrected chi connectivity index (χ1v) is 6.71. The molecule has 1 aliphatic carbocycles. The van der Waals surface area contributed by atoms with Crippen LogP contribution < -0.4 is 0 Å². The summed E-state index contributed by atoms with van der Waals surface area (Å²) in [6.07, 6.45) is 2.83. The van der Waals surface area contributed by atoms with E-state index in [-0.39, 0.29) is 0 Å². The van der Waals surface area contributed by atoms with Crippen LogP contribution in [0.1, 0.15) is 79.4 Å². The fourth-order valence-corrected chi connectivity index (χ4v) is 2.85. The molecule has 0 N–H and O–H groups in total. The van der Waals surface area contributed by atoms with Crippen molar-refractivity contribution < 1.29 is 4.79 Å². The van der Waals surface area contributed by atoms with Crippen LogP contribution in [0.2, 0.25) is 0 Å². The first-order valence-electron chi connectivity index (χ1n) is 6.71. The molecule has 1 heteroatoms. The van der Waals surface area contributed by atoms with Gasteiger partial charge < -0.3 is 0 Å². The van der Waals surface area contributed by atoms with Crippen molar-refractivity contribution in [2.24, 2.45) is 0 Å². The summed E-state index contributed by atoms with van der Waals surface area (Å²) < 4.78 is 0. The number of carbonyl (C=O) groups is 1. The zero-order valence-electron chi connectivity index (χ0n) is 11.3. The number of hydrogen-bond acceptors (Lipinski definition) is 1. The van der Waals surface area contributed by atoms with Crippen LogP contribution in [-0.2, 0) is 6.42 Å². The molecular weight excluding hydrogens is 208 g/mol. The number of carbonyl (C=O) groups excluding carboxylic acids is 1. The summed E-state index contributed by atoms with van der Waals surface area (Å²) in [4.78, 5) is 12.2. The lowest BCUT2D eigenvalue weighted by atomic mass is 9.79. The number of fused-ring (bicyclic) bond motifs is 1. The van der Waals surface area contributed by atoms with Crippen LogP contribution in [0.15, 0.2) is 12.1 Å². The van der Waals surface area contributed by atoms with Crippen molar-refractivity contribution >= 4 is 5.78 Å². The smallest absolute Gasteiger partial charge is 0.163 e. The quantitative estimate of drug-likeness (QED) is 0.733. The summed E-state index contributed by atoms with van der Waals surface area (Å²) in [7, 11) is 0. The Bertz CT molecular complexity index is 441. The molecule has 2 rings (SSSR count). The Morgan fingerprint density at radius 2 is 1.53 bits per heavy atom. The monoisotopic (exact) mass is 230 g/mol. The molecule has 0 fully saturated rings. The molecule has 0 saturated heterocycles. The molecule has 0 unspecified atom stereocenters. The van der Waals surface area contributed by atoms with Gasteiger partial charge >= 0.3 is 0 Å². The molecule has 0 aromatic heterocycles. The highest BCUT2D eigenvalue weighted by Gasteiger charge is 2.24. The first kappa shape index (κ1) is 12.3. The van der Waals surface area contributed by atoms with Crippen molar-refractivity contribution in [3.8, 4) is 0 Å². The molecule has 0 spiro atoms. The summed E-state index contributed by atoms with van der Waals surface area (Å²) in [6, 6.07) is 4.40. The standard InChI is InChI=1S/C16H22O/c1-10(2)12-8-9-13(11(3)4)16-14(12)6-5-7-15(16)17/h8-11H,5-7H2,1-4H3. The molecule has 17 heavy (non-hydrogen) atoms. The van der Waals surface area contributed by atoms with Gasteiger partial charge in [0, 0.05) is 12.0 Å². The second-order valence-electron chi connectivity index (χ2n) is 5.68. The lowest BCUT2D eigenvalue weighted by Gasteiger charge is -2.24. The SMILES string of the molecule is CC(C)c1ccc(C(C)C)c2c1CCCC2=O. The summed E-state index contributed by atoms with van der Waals surface area (Å²) in [5.74, 6) is 1.31. The Hall–Kier alpha value is -1.11. The van der Waals surface area contributed by atoms with Crippen LogP contribution in [0.25, 0.3) is 0 Å². The predicted octanol–water partition coefficient (Wildman–Crippen LogP) is 4.45. The van der Waals surface area contributed by atoms with E-state index >= 15 is 0 Å². The maximum atomic E-state index is 12.2. The molecule has 92 valence electrons. The van der Waals surface area contributed by atoms with Gasteiger partial charge in [0.15, 0.2) is 5.78 Å². The Labute approximate surface area is 104 Å². The van der Waals surface area contributed by atoms with Crippen LogP contribution in [-0.4, -0.2) is 5.78 Å². The third-order valence-electron chi connectivity index (χ3n) is 3.73. The summed E-state index contributed by atoms with van der Waals surface area (Å²) in [5, 5.41) is 0. The molecule has 0 bridgehead atoms. The maximum absolute atomic E-state index is 12.2. The van der Waals surface area contributed by atoms with Crippen molar-refractivity contribution in [3.05, 3.63) is 34.4 Å². The van der Waals surface area contributed by atoms with Crippen LogP contribution in [0.4, 0.5) is 0 Å². The molecule has 1 nitrogen and oxygen atoms in total. The van der Waals surface area contributed by atoms with E-state index in [0.717, 1.165) is 24.8 Å². The highest BCUT2D eigenvalue weighted by Crippen LogP contribution is 2.34. The third kappa shape index (κ3) is 2.15. The molecule has 1 aliphatic rings. The van der Waals surface area contributed by atoms with Crippen LogP contribution >= 0.6 is 0 Å². The van der Waals surface area contributed by atoms with E-state index < -0.39 is 0 Å². The zero-order chi connectivity index (χ0) is 12.6. The lowest BCUT2D eigenvalue weighted by molar-refractivity contribution is 0.0971. The minimum Gasteiger partial charge on any atom is -0.294 e. The fraction of sp³-hybridized carbons (Fsp3) is 0.562. The minimum atomic E-state index is 0.359. The van der Waals surface area contributed by atoms with Gasteiger partial charge in [-0.2, -0.15) is 0 Å².